The Kier molecular flexibility index (Phi) is 7.20. The van der Waals surface area contributed by atoms with Crippen LogP contribution >= 0.6 is 0 Å². The molecule has 180 valence electrons. The maximum Gasteiger partial charge on any atom is 0.257 e. The number of hydrogen-bond acceptors (Lipinski definition) is 4. The molecule has 4 rings (SSSR count). The normalized spacial score (nSPS) is 10.9. The number of methoxy groups -OCH3 is 1. The van der Waals surface area contributed by atoms with Crippen molar-refractivity contribution < 1.29 is 14.3 Å². The predicted molar refractivity (Wildman–Crippen MR) is 139 cm³/mol. The van der Waals surface area contributed by atoms with Crippen LogP contribution in [-0.4, -0.2) is 22.6 Å². The molecule has 3 aromatic carbocycles. The summed E-state index contributed by atoms with van der Waals surface area (Å²) < 4.78 is 13.5. The summed E-state index contributed by atoms with van der Waals surface area (Å²) in [5.41, 5.74) is 5.16. The van der Waals surface area contributed by atoms with E-state index in [0.29, 0.717) is 23.8 Å². The van der Waals surface area contributed by atoms with E-state index < -0.39 is 0 Å². The van der Waals surface area contributed by atoms with Gasteiger partial charge in [-0.15, -0.1) is 0 Å². The van der Waals surface area contributed by atoms with Crippen molar-refractivity contribution in [3.63, 3.8) is 0 Å². The van der Waals surface area contributed by atoms with Gasteiger partial charge in [-0.2, -0.15) is 0 Å². The minimum absolute atomic E-state index is 0.202. The van der Waals surface area contributed by atoms with Gasteiger partial charge < -0.3 is 14.8 Å². The molecule has 6 heteroatoms. The molecule has 1 aromatic heterocycles. The summed E-state index contributed by atoms with van der Waals surface area (Å²) in [6, 6.07) is 21.1. The third-order valence-electron chi connectivity index (χ3n) is 5.92. The van der Waals surface area contributed by atoms with Crippen molar-refractivity contribution in [1.29, 1.82) is 0 Å². The molecule has 0 atom stereocenters. The first-order valence-corrected chi connectivity index (χ1v) is 11.7. The van der Waals surface area contributed by atoms with Crippen LogP contribution in [0.25, 0.3) is 5.69 Å². The number of carbonyl (C=O) groups is 1. The Labute approximate surface area is 206 Å². The third kappa shape index (κ3) is 5.38. The first-order valence-electron chi connectivity index (χ1n) is 11.7. The second kappa shape index (κ2) is 10.5. The van der Waals surface area contributed by atoms with E-state index in [0.717, 1.165) is 39.8 Å². The van der Waals surface area contributed by atoms with Gasteiger partial charge in [-0.25, -0.2) is 4.98 Å². The van der Waals surface area contributed by atoms with Gasteiger partial charge in [-0.05, 0) is 73.4 Å². The molecule has 35 heavy (non-hydrogen) atoms. The van der Waals surface area contributed by atoms with Gasteiger partial charge in [0.2, 0.25) is 0 Å². The average molecular weight is 470 g/mol. The van der Waals surface area contributed by atoms with E-state index in [1.807, 2.05) is 60.0 Å². The number of rotatable bonds is 8. The largest absolute Gasteiger partial charge is 0.497 e. The molecule has 0 saturated heterocycles. The van der Waals surface area contributed by atoms with Crippen LogP contribution in [0.1, 0.15) is 52.8 Å². The second-order valence-electron chi connectivity index (χ2n) is 8.82. The lowest BCUT2D eigenvalue weighted by molar-refractivity contribution is 0.102. The summed E-state index contributed by atoms with van der Waals surface area (Å²) in [5, 5.41) is 2.98. The lowest BCUT2D eigenvalue weighted by Crippen LogP contribution is -2.16. The van der Waals surface area contributed by atoms with Crippen LogP contribution < -0.4 is 14.8 Å². The van der Waals surface area contributed by atoms with Gasteiger partial charge in [-0.1, -0.05) is 38.1 Å². The first-order chi connectivity index (χ1) is 16.9. The Morgan fingerprint density at radius 2 is 1.77 bits per heavy atom. The van der Waals surface area contributed by atoms with Crippen LogP contribution in [0, 0.1) is 13.8 Å². The average Bonchev–Trinajstić information content (AvgIpc) is 3.23. The summed E-state index contributed by atoms with van der Waals surface area (Å²) in [4.78, 5) is 17.8. The van der Waals surface area contributed by atoms with Crippen molar-refractivity contribution in [1.82, 2.24) is 9.55 Å². The molecule has 0 radical (unpaired) electrons. The Balaban J connectivity index is 1.62. The van der Waals surface area contributed by atoms with Gasteiger partial charge in [0.15, 0.2) is 0 Å². The Morgan fingerprint density at radius 3 is 2.49 bits per heavy atom. The second-order valence-corrected chi connectivity index (χ2v) is 8.82. The highest BCUT2D eigenvalue weighted by atomic mass is 16.5. The van der Waals surface area contributed by atoms with E-state index >= 15 is 0 Å². The number of nitrogens with one attached hydrogen (secondary N) is 1. The van der Waals surface area contributed by atoms with Crippen molar-refractivity contribution in [2.24, 2.45) is 0 Å². The Hall–Kier alpha value is -4.06. The van der Waals surface area contributed by atoms with Gasteiger partial charge in [0.1, 0.15) is 23.9 Å². The maximum absolute atomic E-state index is 13.2. The van der Waals surface area contributed by atoms with Crippen molar-refractivity contribution in [2.75, 3.05) is 12.4 Å². The molecular weight excluding hydrogens is 438 g/mol. The predicted octanol–water partition coefficient (Wildman–Crippen LogP) is 6.45. The topological polar surface area (TPSA) is 65.4 Å². The number of amides is 1. The Bertz CT molecular complexity index is 1320. The van der Waals surface area contributed by atoms with E-state index in [9.17, 15) is 4.79 Å². The van der Waals surface area contributed by atoms with Gasteiger partial charge in [0.05, 0.1) is 30.3 Å². The molecule has 1 N–H and O–H groups in total. The van der Waals surface area contributed by atoms with Crippen LogP contribution in [0.2, 0.25) is 0 Å². The molecule has 0 fully saturated rings. The molecule has 0 spiro atoms. The molecular formula is C29H31N3O3. The molecule has 4 aromatic rings. The van der Waals surface area contributed by atoms with Crippen LogP contribution in [-0.2, 0) is 6.61 Å². The lowest BCUT2D eigenvalue weighted by atomic mass is 10.0. The highest BCUT2D eigenvalue weighted by Gasteiger charge is 2.18. The monoisotopic (exact) mass is 469 g/mol. The zero-order valence-corrected chi connectivity index (χ0v) is 20.8. The van der Waals surface area contributed by atoms with Crippen LogP contribution in [0.15, 0.2) is 72.9 Å². The quantitative estimate of drug-likeness (QED) is 0.322. The number of aromatic nitrogens is 2. The molecule has 1 amide bonds. The van der Waals surface area contributed by atoms with Gasteiger partial charge in [0.25, 0.3) is 5.91 Å². The molecule has 0 aliphatic heterocycles. The maximum atomic E-state index is 13.2. The smallest absolute Gasteiger partial charge is 0.257 e. The van der Waals surface area contributed by atoms with E-state index in [1.54, 1.807) is 13.3 Å². The number of nitrogens with zero attached hydrogens (tertiary/aromatic N) is 2. The number of imidazole rings is 1. The number of ether oxygens (including phenoxy) is 2. The summed E-state index contributed by atoms with van der Waals surface area (Å²) in [6.45, 7) is 8.63. The molecule has 0 bridgehead atoms. The number of anilines is 1. The minimum atomic E-state index is -0.202. The first kappa shape index (κ1) is 24.1. The fourth-order valence-corrected chi connectivity index (χ4v) is 4.05. The summed E-state index contributed by atoms with van der Waals surface area (Å²) in [7, 11) is 1.61. The summed E-state index contributed by atoms with van der Waals surface area (Å²) >= 11 is 0. The van der Waals surface area contributed by atoms with Crippen molar-refractivity contribution >= 4 is 11.6 Å². The highest BCUT2D eigenvalue weighted by Crippen LogP contribution is 2.29. The fourth-order valence-electron chi connectivity index (χ4n) is 4.05. The third-order valence-corrected chi connectivity index (χ3v) is 5.92. The number of benzene rings is 3. The van der Waals surface area contributed by atoms with Crippen LogP contribution in [0.5, 0.6) is 11.5 Å². The fraction of sp³-hybridized carbons (Fsp3) is 0.241. The lowest BCUT2D eigenvalue weighted by Gasteiger charge is -2.17. The SMILES string of the molecule is COc1ccc(NC(=O)c2ccccc2-n2c(COc3cc(C)ccc3C(C)C)cnc2C)cc1. The number of aryl methyl sites for hydroxylation is 2. The number of carbonyl (C=O) groups excluding carboxylic acids is 1. The van der Waals surface area contributed by atoms with Gasteiger partial charge >= 0.3 is 0 Å². The molecule has 1 heterocycles. The molecule has 6 nitrogen and oxygen atoms in total. The van der Waals surface area contributed by atoms with E-state index in [1.165, 1.54) is 0 Å². The standard InChI is InChI=1S/C29H31N3O3/c1-19(2)25-15-10-20(3)16-28(25)35-18-23-17-30-21(4)32(23)27-9-7-6-8-26(27)29(33)31-22-11-13-24(34-5)14-12-22/h6-17,19H,18H2,1-5H3,(H,31,33). The Morgan fingerprint density at radius 1 is 1.03 bits per heavy atom. The van der Waals surface area contributed by atoms with Crippen molar-refractivity contribution in [3.8, 4) is 17.2 Å². The summed E-state index contributed by atoms with van der Waals surface area (Å²) in [5.74, 6) is 2.53. The minimum Gasteiger partial charge on any atom is -0.497 e. The number of para-hydroxylation sites is 1. The molecule has 0 saturated carbocycles. The zero-order chi connectivity index (χ0) is 24.9. The van der Waals surface area contributed by atoms with E-state index in [2.05, 4.69) is 49.3 Å². The van der Waals surface area contributed by atoms with Crippen LogP contribution in [0.3, 0.4) is 0 Å². The van der Waals surface area contributed by atoms with Crippen molar-refractivity contribution in [2.45, 2.75) is 40.2 Å². The van der Waals surface area contributed by atoms with Gasteiger partial charge in [0, 0.05) is 5.69 Å². The number of hydrogen-bond donors (Lipinski definition) is 1. The van der Waals surface area contributed by atoms with E-state index in [4.69, 9.17) is 9.47 Å². The van der Waals surface area contributed by atoms with E-state index in [-0.39, 0.29) is 5.91 Å². The van der Waals surface area contributed by atoms with Crippen molar-refractivity contribution in [3.05, 3.63) is 101 Å². The van der Waals surface area contributed by atoms with Crippen LogP contribution in [0.4, 0.5) is 5.69 Å². The molecule has 0 aliphatic carbocycles. The zero-order valence-electron chi connectivity index (χ0n) is 20.8. The summed E-state index contributed by atoms with van der Waals surface area (Å²) in [6.07, 6.45) is 1.80. The van der Waals surface area contributed by atoms with Gasteiger partial charge in [-0.3, -0.25) is 9.36 Å². The molecule has 0 unspecified atom stereocenters. The highest BCUT2D eigenvalue weighted by molar-refractivity contribution is 6.06. The molecule has 0 aliphatic rings.